The van der Waals surface area contributed by atoms with Crippen molar-refractivity contribution in [1.82, 2.24) is 14.3 Å². The Hall–Kier alpha value is -3.85. The van der Waals surface area contributed by atoms with Gasteiger partial charge in [0.25, 0.3) is 5.56 Å². The molecule has 9 heteroatoms. The lowest BCUT2D eigenvalue weighted by molar-refractivity contribution is -0.117. The van der Waals surface area contributed by atoms with Gasteiger partial charge in [-0.25, -0.2) is 4.68 Å². The van der Waals surface area contributed by atoms with Crippen molar-refractivity contribution in [2.24, 2.45) is 0 Å². The zero-order chi connectivity index (χ0) is 22.7. The highest BCUT2D eigenvalue weighted by Crippen LogP contribution is 2.32. The predicted molar refractivity (Wildman–Crippen MR) is 122 cm³/mol. The van der Waals surface area contributed by atoms with E-state index < -0.39 is 5.56 Å². The molecule has 9 nitrogen and oxygen atoms in total. The van der Waals surface area contributed by atoms with Crippen LogP contribution in [-0.4, -0.2) is 48.2 Å². The third-order valence-corrected chi connectivity index (χ3v) is 5.28. The van der Waals surface area contributed by atoms with Gasteiger partial charge in [-0.15, -0.1) is 0 Å². The number of hydrogen-bond acceptors (Lipinski definition) is 6. The largest absolute Gasteiger partial charge is 0.493 e. The second-order valence-electron chi connectivity index (χ2n) is 7.16. The van der Waals surface area contributed by atoms with E-state index in [1.807, 2.05) is 30.5 Å². The van der Waals surface area contributed by atoms with Crippen LogP contribution in [0.2, 0.25) is 0 Å². The molecular weight excluding hydrogens is 412 g/mol. The SMILES string of the molecule is COCCn1ccc2c(NC(=O)Cn3ncc4ccc(OC)c(OC)c4c3=O)cccc21. The van der Waals surface area contributed by atoms with Crippen molar-refractivity contribution in [1.29, 1.82) is 0 Å². The number of rotatable bonds is 8. The molecule has 2 aromatic heterocycles. The first-order valence-electron chi connectivity index (χ1n) is 10.0. The fourth-order valence-electron chi connectivity index (χ4n) is 3.74. The van der Waals surface area contributed by atoms with Gasteiger partial charge >= 0.3 is 0 Å². The zero-order valence-corrected chi connectivity index (χ0v) is 18.1. The standard InChI is InChI=1S/C23H24N4O5/c1-30-12-11-26-10-9-16-17(5-4-6-18(16)26)25-20(28)14-27-23(29)21-15(13-24-27)7-8-19(31-2)22(21)32-3/h4-10,13H,11-12,14H2,1-3H3,(H,25,28). The van der Waals surface area contributed by atoms with E-state index in [1.165, 1.54) is 20.4 Å². The number of nitrogens with one attached hydrogen (secondary N) is 1. The minimum atomic E-state index is -0.433. The number of anilines is 1. The third-order valence-electron chi connectivity index (χ3n) is 5.28. The molecule has 2 heterocycles. The van der Waals surface area contributed by atoms with Gasteiger partial charge in [0, 0.05) is 30.6 Å². The summed E-state index contributed by atoms with van der Waals surface area (Å²) in [5, 5.41) is 8.86. The lowest BCUT2D eigenvalue weighted by atomic mass is 10.1. The summed E-state index contributed by atoms with van der Waals surface area (Å²) in [6.07, 6.45) is 3.48. The maximum Gasteiger partial charge on any atom is 0.279 e. The fourth-order valence-corrected chi connectivity index (χ4v) is 3.74. The second kappa shape index (κ2) is 9.11. The van der Waals surface area contributed by atoms with Crippen LogP contribution in [0.3, 0.4) is 0 Å². The second-order valence-corrected chi connectivity index (χ2v) is 7.16. The molecular formula is C23H24N4O5. The normalized spacial score (nSPS) is 11.1. The third kappa shape index (κ3) is 3.90. The van der Waals surface area contributed by atoms with Gasteiger partial charge in [0.05, 0.1) is 43.6 Å². The van der Waals surface area contributed by atoms with Crippen LogP contribution in [0.1, 0.15) is 0 Å². The maximum absolute atomic E-state index is 13.1. The average Bonchev–Trinajstić information content (AvgIpc) is 3.22. The first-order chi connectivity index (χ1) is 15.6. The van der Waals surface area contributed by atoms with Crippen LogP contribution in [0, 0.1) is 0 Å². The molecule has 0 radical (unpaired) electrons. The Bertz CT molecular complexity index is 1340. The summed E-state index contributed by atoms with van der Waals surface area (Å²) < 4.78 is 19.0. The Balaban J connectivity index is 1.62. The number of carbonyl (C=O) groups is 1. The van der Waals surface area contributed by atoms with Gasteiger partial charge in [-0.2, -0.15) is 5.10 Å². The van der Waals surface area contributed by atoms with Gasteiger partial charge < -0.3 is 24.1 Å². The van der Waals surface area contributed by atoms with Crippen molar-refractivity contribution < 1.29 is 19.0 Å². The summed E-state index contributed by atoms with van der Waals surface area (Å²) in [5.41, 5.74) is 1.21. The average molecular weight is 436 g/mol. The van der Waals surface area contributed by atoms with Crippen molar-refractivity contribution in [3.8, 4) is 11.5 Å². The van der Waals surface area contributed by atoms with Crippen LogP contribution in [0.5, 0.6) is 11.5 Å². The van der Waals surface area contributed by atoms with E-state index in [-0.39, 0.29) is 12.5 Å². The van der Waals surface area contributed by atoms with E-state index in [0.717, 1.165) is 15.6 Å². The molecule has 0 aliphatic carbocycles. The summed E-state index contributed by atoms with van der Waals surface area (Å²) >= 11 is 0. The molecule has 0 saturated heterocycles. The lowest BCUT2D eigenvalue weighted by Gasteiger charge is -2.12. The Kier molecular flexibility index (Phi) is 6.09. The van der Waals surface area contributed by atoms with Crippen LogP contribution >= 0.6 is 0 Å². The maximum atomic E-state index is 13.1. The first-order valence-corrected chi connectivity index (χ1v) is 10.0. The molecule has 2 aromatic carbocycles. The molecule has 1 N–H and O–H groups in total. The van der Waals surface area contributed by atoms with E-state index in [1.54, 1.807) is 19.2 Å². The van der Waals surface area contributed by atoms with Crippen molar-refractivity contribution in [3.05, 3.63) is 59.1 Å². The molecule has 0 spiro atoms. The van der Waals surface area contributed by atoms with Gasteiger partial charge in [-0.3, -0.25) is 9.59 Å². The van der Waals surface area contributed by atoms with E-state index >= 15 is 0 Å². The highest BCUT2D eigenvalue weighted by molar-refractivity contribution is 6.01. The highest BCUT2D eigenvalue weighted by Gasteiger charge is 2.16. The van der Waals surface area contributed by atoms with Crippen LogP contribution in [-0.2, 0) is 22.6 Å². The molecule has 0 unspecified atom stereocenters. The van der Waals surface area contributed by atoms with Crippen LogP contribution in [0.25, 0.3) is 21.7 Å². The summed E-state index contributed by atoms with van der Waals surface area (Å²) in [4.78, 5) is 25.8. The van der Waals surface area contributed by atoms with E-state index in [9.17, 15) is 9.59 Å². The monoisotopic (exact) mass is 436 g/mol. The van der Waals surface area contributed by atoms with Crippen molar-refractivity contribution in [3.63, 3.8) is 0 Å². The fraction of sp³-hybridized carbons (Fsp3) is 0.261. The number of amides is 1. The molecule has 0 saturated carbocycles. The molecule has 1 amide bonds. The molecule has 32 heavy (non-hydrogen) atoms. The highest BCUT2D eigenvalue weighted by atomic mass is 16.5. The minimum Gasteiger partial charge on any atom is -0.493 e. The van der Waals surface area contributed by atoms with E-state index in [2.05, 4.69) is 15.0 Å². The van der Waals surface area contributed by atoms with Crippen LogP contribution < -0.4 is 20.3 Å². The Labute approximate surface area is 184 Å². The van der Waals surface area contributed by atoms with Crippen LogP contribution in [0.15, 0.2) is 53.6 Å². The van der Waals surface area contributed by atoms with Gasteiger partial charge in [0.2, 0.25) is 5.91 Å². The summed E-state index contributed by atoms with van der Waals surface area (Å²) in [6.45, 7) is 1.06. The Morgan fingerprint density at radius 2 is 1.94 bits per heavy atom. The molecule has 0 bridgehead atoms. The molecule has 0 aliphatic rings. The van der Waals surface area contributed by atoms with E-state index in [4.69, 9.17) is 14.2 Å². The van der Waals surface area contributed by atoms with E-state index in [0.29, 0.717) is 41.1 Å². The quantitative estimate of drug-likeness (QED) is 0.456. The number of fused-ring (bicyclic) bond motifs is 2. The Morgan fingerprint density at radius 3 is 2.69 bits per heavy atom. The van der Waals surface area contributed by atoms with Gasteiger partial charge in [0.15, 0.2) is 11.5 Å². The number of hydrogen-bond donors (Lipinski definition) is 1. The molecule has 4 rings (SSSR count). The summed E-state index contributed by atoms with van der Waals surface area (Å²) in [7, 11) is 4.62. The van der Waals surface area contributed by atoms with Gasteiger partial charge in [-0.1, -0.05) is 6.07 Å². The predicted octanol–water partition coefficient (Wildman–Crippen LogP) is 2.65. The number of ether oxygens (including phenoxy) is 3. The number of aromatic nitrogens is 3. The molecule has 0 atom stereocenters. The number of nitrogens with zero attached hydrogens (tertiary/aromatic N) is 3. The Morgan fingerprint density at radius 1 is 1.09 bits per heavy atom. The summed E-state index contributed by atoms with van der Waals surface area (Å²) in [5.74, 6) is 0.385. The zero-order valence-electron chi connectivity index (χ0n) is 18.1. The molecule has 166 valence electrons. The van der Waals surface area contributed by atoms with Crippen LogP contribution in [0.4, 0.5) is 5.69 Å². The summed E-state index contributed by atoms with van der Waals surface area (Å²) in [6, 6.07) is 11.1. The number of carbonyl (C=O) groups excluding carboxylic acids is 1. The minimum absolute atomic E-state index is 0.240. The van der Waals surface area contributed by atoms with Crippen molar-refractivity contribution >= 4 is 33.3 Å². The molecule has 0 aliphatic heterocycles. The number of benzene rings is 2. The molecule has 0 fully saturated rings. The van der Waals surface area contributed by atoms with Crippen molar-refractivity contribution in [2.75, 3.05) is 33.3 Å². The smallest absolute Gasteiger partial charge is 0.279 e. The van der Waals surface area contributed by atoms with Gasteiger partial charge in [-0.05, 0) is 30.3 Å². The first kappa shape index (κ1) is 21.4. The van der Waals surface area contributed by atoms with Gasteiger partial charge in [0.1, 0.15) is 6.54 Å². The topological polar surface area (TPSA) is 96.6 Å². The number of methoxy groups -OCH3 is 3. The lowest BCUT2D eigenvalue weighted by Crippen LogP contribution is -2.29. The molecule has 4 aromatic rings. The van der Waals surface area contributed by atoms with Crippen molar-refractivity contribution in [2.45, 2.75) is 13.1 Å².